The monoisotopic (exact) mass is 216 g/mol. The Kier molecular flexibility index (Phi) is 3.42. The fraction of sp³-hybridized carbons (Fsp3) is 0.533. The van der Waals surface area contributed by atoms with Crippen molar-refractivity contribution >= 4 is 5.78 Å². The van der Waals surface area contributed by atoms with Gasteiger partial charge in [-0.15, -0.1) is 0 Å². The van der Waals surface area contributed by atoms with Gasteiger partial charge in [-0.3, -0.25) is 4.79 Å². The molecule has 1 heteroatoms. The molecule has 16 heavy (non-hydrogen) atoms. The van der Waals surface area contributed by atoms with Gasteiger partial charge in [-0.1, -0.05) is 38.1 Å². The maximum Gasteiger partial charge on any atom is 0.140 e. The molecule has 0 aliphatic heterocycles. The van der Waals surface area contributed by atoms with E-state index in [9.17, 15) is 4.79 Å². The normalized spacial score (nSPS) is 17.1. The topological polar surface area (TPSA) is 17.1 Å². The van der Waals surface area contributed by atoms with Gasteiger partial charge in [0.05, 0.1) is 0 Å². The van der Waals surface area contributed by atoms with E-state index in [4.69, 9.17) is 0 Å². The number of hydrogen-bond acceptors (Lipinski definition) is 1. The van der Waals surface area contributed by atoms with Gasteiger partial charge in [0.2, 0.25) is 0 Å². The van der Waals surface area contributed by atoms with Crippen molar-refractivity contribution in [2.45, 2.75) is 39.5 Å². The molecular weight excluding hydrogens is 196 g/mol. The van der Waals surface area contributed by atoms with Gasteiger partial charge in [0, 0.05) is 12.3 Å². The lowest BCUT2D eigenvalue weighted by atomic mass is 9.95. The average Bonchev–Trinajstić information content (AvgIpc) is 3.13. The van der Waals surface area contributed by atoms with Gasteiger partial charge in [-0.2, -0.15) is 0 Å². The summed E-state index contributed by atoms with van der Waals surface area (Å²) in [5.74, 6) is 1.36. The number of hydrogen-bond donors (Lipinski definition) is 0. The standard InChI is InChI=1S/C15H20O/c1-3-12-4-6-13(7-5-12)10-15(16)11(2)14-8-9-14/h4-7,11,14H,3,8-10H2,1-2H3. The molecule has 1 saturated carbocycles. The first-order valence-electron chi connectivity index (χ1n) is 6.31. The molecule has 0 saturated heterocycles. The van der Waals surface area contributed by atoms with Crippen molar-refractivity contribution in [3.63, 3.8) is 0 Å². The molecule has 1 unspecified atom stereocenters. The second-order valence-electron chi connectivity index (χ2n) is 4.94. The van der Waals surface area contributed by atoms with Crippen LogP contribution in [0.5, 0.6) is 0 Å². The summed E-state index contributed by atoms with van der Waals surface area (Å²) in [6.45, 7) is 4.23. The van der Waals surface area contributed by atoms with Gasteiger partial charge in [-0.25, -0.2) is 0 Å². The molecule has 0 radical (unpaired) electrons. The zero-order valence-corrected chi connectivity index (χ0v) is 10.2. The number of carbonyl (C=O) groups excluding carboxylic acids is 1. The Hall–Kier alpha value is -1.11. The molecule has 1 aliphatic carbocycles. The van der Waals surface area contributed by atoms with Crippen molar-refractivity contribution in [2.24, 2.45) is 11.8 Å². The Bertz CT molecular complexity index is 360. The van der Waals surface area contributed by atoms with Crippen LogP contribution in [0.1, 0.15) is 37.8 Å². The van der Waals surface area contributed by atoms with Crippen LogP contribution in [0, 0.1) is 11.8 Å². The predicted molar refractivity (Wildman–Crippen MR) is 66.4 cm³/mol. The van der Waals surface area contributed by atoms with Crippen molar-refractivity contribution in [1.82, 2.24) is 0 Å². The molecule has 1 atom stereocenters. The van der Waals surface area contributed by atoms with E-state index in [1.165, 1.54) is 18.4 Å². The lowest BCUT2D eigenvalue weighted by Gasteiger charge is -2.08. The number of carbonyl (C=O) groups is 1. The van der Waals surface area contributed by atoms with Crippen molar-refractivity contribution in [3.05, 3.63) is 35.4 Å². The Morgan fingerprint density at radius 2 is 1.81 bits per heavy atom. The number of ketones is 1. The third-order valence-corrected chi connectivity index (χ3v) is 3.65. The molecule has 1 fully saturated rings. The summed E-state index contributed by atoms with van der Waals surface area (Å²) < 4.78 is 0. The lowest BCUT2D eigenvalue weighted by Crippen LogP contribution is -2.15. The van der Waals surface area contributed by atoms with Crippen molar-refractivity contribution in [2.75, 3.05) is 0 Å². The summed E-state index contributed by atoms with van der Waals surface area (Å²) in [4.78, 5) is 11.9. The van der Waals surface area contributed by atoms with Gasteiger partial charge < -0.3 is 0 Å². The highest BCUT2D eigenvalue weighted by Crippen LogP contribution is 2.37. The highest BCUT2D eigenvalue weighted by molar-refractivity contribution is 5.83. The summed E-state index contributed by atoms with van der Waals surface area (Å²) in [6, 6.07) is 8.45. The fourth-order valence-corrected chi connectivity index (χ4v) is 2.11. The van der Waals surface area contributed by atoms with Crippen LogP contribution in [-0.4, -0.2) is 5.78 Å². The Morgan fingerprint density at radius 3 is 2.31 bits per heavy atom. The maximum absolute atomic E-state index is 11.9. The van der Waals surface area contributed by atoms with Crippen molar-refractivity contribution in [1.29, 1.82) is 0 Å². The predicted octanol–water partition coefficient (Wildman–Crippen LogP) is 3.41. The molecule has 1 aliphatic rings. The van der Waals surface area contributed by atoms with Gasteiger partial charge in [-0.05, 0) is 36.3 Å². The Balaban J connectivity index is 1.94. The number of rotatable bonds is 5. The van der Waals surface area contributed by atoms with Crippen LogP contribution in [-0.2, 0) is 17.6 Å². The minimum atomic E-state index is 0.269. The van der Waals surface area contributed by atoms with Gasteiger partial charge in [0.1, 0.15) is 5.78 Å². The molecule has 2 rings (SSSR count). The van der Waals surface area contributed by atoms with E-state index in [1.54, 1.807) is 0 Å². The molecule has 0 aromatic heterocycles. The first-order valence-corrected chi connectivity index (χ1v) is 6.31. The maximum atomic E-state index is 11.9. The summed E-state index contributed by atoms with van der Waals surface area (Å²) in [5, 5.41) is 0. The summed E-state index contributed by atoms with van der Waals surface area (Å²) in [6.07, 6.45) is 4.18. The quantitative estimate of drug-likeness (QED) is 0.737. The second-order valence-corrected chi connectivity index (χ2v) is 4.94. The Morgan fingerprint density at radius 1 is 1.25 bits per heavy atom. The zero-order chi connectivity index (χ0) is 11.5. The minimum Gasteiger partial charge on any atom is -0.299 e. The lowest BCUT2D eigenvalue weighted by molar-refractivity contribution is -0.122. The average molecular weight is 216 g/mol. The molecular formula is C15H20O. The molecule has 86 valence electrons. The SMILES string of the molecule is CCc1ccc(CC(=O)C(C)C2CC2)cc1. The number of Topliss-reactive ketones (excluding diaryl/α,β-unsaturated/α-hetero) is 1. The third-order valence-electron chi connectivity index (χ3n) is 3.65. The van der Waals surface area contributed by atoms with Crippen LogP contribution in [0.3, 0.4) is 0 Å². The molecule has 0 bridgehead atoms. The van der Waals surface area contributed by atoms with Crippen LogP contribution in [0.4, 0.5) is 0 Å². The van der Waals surface area contributed by atoms with Gasteiger partial charge in [0.15, 0.2) is 0 Å². The van der Waals surface area contributed by atoms with E-state index in [0.29, 0.717) is 18.1 Å². The van der Waals surface area contributed by atoms with E-state index < -0.39 is 0 Å². The summed E-state index contributed by atoms with van der Waals surface area (Å²) in [5.41, 5.74) is 2.50. The minimum absolute atomic E-state index is 0.269. The molecule has 1 nitrogen and oxygen atoms in total. The van der Waals surface area contributed by atoms with Crippen molar-refractivity contribution in [3.8, 4) is 0 Å². The first-order chi connectivity index (χ1) is 7.70. The summed E-state index contributed by atoms with van der Waals surface area (Å²) in [7, 11) is 0. The fourth-order valence-electron chi connectivity index (χ4n) is 2.11. The molecule has 0 spiro atoms. The van der Waals surface area contributed by atoms with Crippen LogP contribution in [0.2, 0.25) is 0 Å². The van der Waals surface area contributed by atoms with E-state index in [1.807, 2.05) is 0 Å². The molecule has 1 aromatic carbocycles. The van der Waals surface area contributed by atoms with Gasteiger partial charge in [0.25, 0.3) is 0 Å². The molecule has 0 N–H and O–H groups in total. The summed E-state index contributed by atoms with van der Waals surface area (Å²) >= 11 is 0. The number of aryl methyl sites for hydroxylation is 1. The smallest absolute Gasteiger partial charge is 0.140 e. The van der Waals surface area contributed by atoms with E-state index in [0.717, 1.165) is 12.0 Å². The second kappa shape index (κ2) is 4.82. The first kappa shape index (κ1) is 11.4. The third kappa shape index (κ3) is 2.72. The van der Waals surface area contributed by atoms with E-state index in [2.05, 4.69) is 38.1 Å². The van der Waals surface area contributed by atoms with E-state index in [-0.39, 0.29) is 5.92 Å². The van der Waals surface area contributed by atoms with Crippen molar-refractivity contribution < 1.29 is 4.79 Å². The Labute approximate surface area is 97.9 Å². The number of benzene rings is 1. The molecule has 0 amide bonds. The van der Waals surface area contributed by atoms with Crippen LogP contribution >= 0.6 is 0 Å². The van der Waals surface area contributed by atoms with E-state index >= 15 is 0 Å². The molecule has 1 aromatic rings. The van der Waals surface area contributed by atoms with Crippen LogP contribution in [0.15, 0.2) is 24.3 Å². The highest BCUT2D eigenvalue weighted by Gasteiger charge is 2.32. The van der Waals surface area contributed by atoms with Crippen LogP contribution < -0.4 is 0 Å². The largest absolute Gasteiger partial charge is 0.299 e. The van der Waals surface area contributed by atoms with Crippen LogP contribution in [0.25, 0.3) is 0 Å². The zero-order valence-electron chi connectivity index (χ0n) is 10.2. The molecule has 0 heterocycles. The van der Waals surface area contributed by atoms with Gasteiger partial charge >= 0.3 is 0 Å². The highest BCUT2D eigenvalue weighted by atomic mass is 16.1.